The molecule has 0 saturated carbocycles. The van der Waals surface area contributed by atoms with Gasteiger partial charge in [0.05, 0.1) is 10.7 Å². The fourth-order valence-corrected chi connectivity index (χ4v) is 0.937. The highest BCUT2D eigenvalue weighted by Crippen LogP contribution is 2.13. The molecule has 0 radical (unpaired) electrons. The summed E-state index contributed by atoms with van der Waals surface area (Å²) in [5.74, 6) is -0.425. The molecule has 0 unspecified atom stereocenters. The topological polar surface area (TPSA) is 12.9 Å². The Bertz CT molecular complexity index is 241. The third-order valence-corrected chi connectivity index (χ3v) is 1.85. The molecule has 1 aromatic rings. The second-order valence-electron chi connectivity index (χ2n) is 1.72. The lowest BCUT2D eigenvalue weighted by atomic mass is 10.4. The Kier molecular flexibility index (Phi) is 2.63. The van der Waals surface area contributed by atoms with Crippen LogP contribution in [0, 0.1) is 5.82 Å². The number of aromatic nitrogens is 1. The number of halogens is 3. The second kappa shape index (κ2) is 3.30. The molecule has 10 heavy (non-hydrogen) atoms. The summed E-state index contributed by atoms with van der Waals surface area (Å²) in [6.07, 6.45) is 1.30. The van der Waals surface area contributed by atoms with Crippen molar-refractivity contribution in [1.29, 1.82) is 0 Å². The maximum atomic E-state index is 12.6. The number of hydrogen-bond acceptors (Lipinski definition) is 1. The van der Waals surface area contributed by atoms with Gasteiger partial charge in [0.2, 0.25) is 0 Å². The molecular weight excluding hydrogens is 220 g/mol. The van der Waals surface area contributed by atoms with Crippen LogP contribution in [0.25, 0.3) is 0 Å². The summed E-state index contributed by atoms with van der Waals surface area (Å²) < 4.78 is 12.6. The largest absolute Gasteiger partial charge is 0.259 e. The van der Waals surface area contributed by atoms with E-state index in [9.17, 15) is 4.39 Å². The van der Waals surface area contributed by atoms with Gasteiger partial charge in [-0.25, -0.2) is 4.39 Å². The maximum absolute atomic E-state index is 12.6. The molecule has 0 aliphatic heterocycles. The lowest BCUT2D eigenvalue weighted by molar-refractivity contribution is 0.624. The molecule has 0 aliphatic rings. The van der Waals surface area contributed by atoms with Crippen LogP contribution in [0.4, 0.5) is 4.39 Å². The molecule has 0 atom stereocenters. The van der Waals surface area contributed by atoms with Crippen LogP contribution >= 0.6 is 27.5 Å². The van der Waals surface area contributed by atoms with E-state index in [4.69, 9.17) is 11.6 Å². The van der Waals surface area contributed by atoms with Gasteiger partial charge in [0.25, 0.3) is 0 Å². The first kappa shape index (κ1) is 7.95. The molecule has 1 aromatic heterocycles. The Labute approximate surface area is 71.4 Å². The Morgan fingerprint density at radius 1 is 1.70 bits per heavy atom. The maximum Gasteiger partial charge on any atom is 0.145 e. The fourth-order valence-electron chi connectivity index (χ4n) is 0.527. The minimum atomic E-state index is -0.425. The molecule has 0 aliphatic carbocycles. The van der Waals surface area contributed by atoms with E-state index in [0.29, 0.717) is 11.0 Å². The Balaban J connectivity index is 3.04. The van der Waals surface area contributed by atoms with Gasteiger partial charge in [0.1, 0.15) is 5.82 Å². The van der Waals surface area contributed by atoms with Crippen LogP contribution in [0.5, 0.6) is 0 Å². The van der Waals surface area contributed by atoms with E-state index in [-0.39, 0.29) is 5.02 Å². The summed E-state index contributed by atoms with van der Waals surface area (Å²) in [6, 6.07) is 1.30. The summed E-state index contributed by atoms with van der Waals surface area (Å²) in [7, 11) is 0. The SMILES string of the molecule is Fc1cc(CBr)ncc1Cl. The summed E-state index contributed by atoms with van der Waals surface area (Å²) >= 11 is 8.53. The zero-order valence-electron chi connectivity index (χ0n) is 4.94. The average molecular weight is 224 g/mol. The van der Waals surface area contributed by atoms with Crippen LogP contribution in [0.1, 0.15) is 5.69 Å². The average Bonchev–Trinajstić information content (AvgIpc) is 1.95. The van der Waals surface area contributed by atoms with Crippen molar-refractivity contribution in [3.63, 3.8) is 0 Å². The first-order valence-electron chi connectivity index (χ1n) is 2.60. The Hall–Kier alpha value is -0.150. The van der Waals surface area contributed by atoms with Crippen molar-refractivity contribution >= 4 is 27.5 Å². The van der Waals surface area contributed by atoms with Gasteiger partial charge in [-0.1, -0.05) is 27.5 Å². The first-order valence-corrected chi connectivity index (χ1v) is 4.10. The molecule has 54 valence electrons. The van der Waals surface area contributed by atoms with Crippen molar-refractivity contribution in [3.8, 4) is 0 Å². The predicted molar refractivity (Wildman–Crippen MR) is 41.8 cm³/mol. The minimum absolute atomic E-state index is 0.0599. The Morgan fingerprint density at radius 3 is 2.90 bits per heavy atom. The lowest BCUT2D eigenvalue weighted by Gasteiger charge is -1.94. The van der Waals surface area contributed by atoms with E-state index in [1.165, 1.54) is 12.3 Å². The highest BCUT2D eigenvalue weighted by atomic mass is 79.9. The van der Waals surface area contributed by atoms with Crippen LogP contribution in [-0.2, 0) is 5.33 Å². The predicted octanol–water partition coefficient (Wildman–Crippen LogP) is 2.77. The molecule has 0 saturated heterocycles. The standard InChI is InChI=1S/C6H4BrClFN/c7-2-4-1-6(9)5(8)3-10-4/h1,3H,2H2. The lowest BCUT2D eigenvalue weighted by Crippen LogP contribution is -1.86. The monoisotopic (exact) mass is 223 g/mol. The molecule has 1 nitrogen and oxygen atoms in total. The third-order valence-electron chi connectivity index (χ3n) is 1.00. The molecule has 4 heteroatoms. The number of nitrogens with zero attached hydrogens (tertiary/aromatic N) is 1. The zero-order valence-corrected chi connectivity index (χ0v) is 7.28. The highest BCUT2D eigenvalue weighted by Gasteiger charge is 1.99. The molecule has 0 spiro atoms. The zero-order chi connectivity index (χ0) is 7.56. The van der Waals surface area contributed by atoms with Crippen LogP contribution in [-0.4, -0.2) is 4.98 Å². The van der Waals surface area contributed by atoms with Gasteiger partial charge in [-0.2, -0.15) is 0 Å². The van der Waals surface area contributed by atoms with Gasteiger partial charge in [0, 0.05) is 11.5 Å². The summed E-state index contributed by atoms with van der Waals surface area (Å²) in [5.41, 5.74) is 0.641. The van der Waals surface area contributed by atoms with E-state index in [2.05, 4.69) is 20.9 Å². The van der Waals surface area contributed by atoms with E-state index in [1.807, 2.05) is 0 Å². The van der Waals surface area contributed by atoms with Gasteiger partial charge in [-0.05, 0) is 6.07 Å². The summed E-state index contributed by atoms with van der Waals surface area (Å²) in [5, 5.41) is 0.603. The van der Waals surface area contributed by atoms with Crippen molar-refractivity contribution in [2.45, 2.75) is 5.33 Å². The number of pyridine rings is 1. The normalized spacial score (nSPS) is 9.90. The van der Waals surface area contributed by atoms with Crippen molar-refractivity contribution in [3.05, 3.63) is 28.8 Å². The van der Waals surface area contributed by atoms with Gasteiger partial charge >= 0.3 is 0 Å². The number of alkyl halides is 1. The van der Waals surface area contributed by atoms with Gasteiger partial charge in [-0.3, -0.25) is 4.98 Å². The molecule has 0 amide bonds. The van der Waals surface area contributed by atoms with E-state index >= 15 is 0 Å². The minimum Gasteiger partial charge on any atom is -0.259 e. The molecule has 0 fully saturated rings. The van der Waals surface area contributed by atoms with Crippen LogP contribution in [0.3, 0.4) is 0 Å². The molecule has 0 N–H and O–H groups in total. The molecular formula is C6H4BrClFN. The summed E-state index contributed by atoms with van der Waals surface area (Å²) in [4.78, 5) is 3.84. The molecule has 0 bridgehead atoms. The van der Waals surface area contributed by atoms with Crippen LogP contribution in [0.15, 0.2) is 12.3 Å². The Morgan fingerprint density at radius 2 is 2.40 bits per heavy atom. The van der Waals surface area contributed by atoms with Crippen molar-refractivity contribution < 1.29 is 4.39 Å². The third kappa shape index (κ3) is 1.67. The fraction of sp³-hybridized carbons (Fsp3) is 0.167. The van der Waals surface area contributed by atoms with E-state index in [0.717, 1.165) is 0 Å². The number of hydrogen-bond donors (Lipinski definition) is 0. The van der Waals surface area contributed by atoms with Gasteiger partial charge in [0.15, 0.2) is 0 Å². The second-order valence-corrected chi connectivity index (χ2v) is 2.69. The first-order chi connectivity index (χ1) is 4.74. The van der Waals surface area contributed by atoms with Crippen LogP contribution < -0.4 is 0 Å². The quantitative estimate of drug-likeness (QED) is 0.669. The van der Waals surface area contributed by atoms with E-state index in [1.54, 1.807) is 0 Å². The molecule has 1 rings (SSSR count). The van der Waals surface area contributed by atoms with Gasteiger partial charge in [-0.15, -0.1) is 0 Å². The molecule has 1 heterocycles. The smallest absolute Gasteiger partial charge is 0.145 e. The number of rotatable bonds is 1. The van der Waals surface area contributed by atoms with Crippen molar-refractivity contribution in [2.75, 3.05) is 0 Å². The van der Waals surface area contributed by atoms with Crippen molar-refractivity contribution in [2.24, 2.45) is 0 Å². The van der Waals surface area contributed by atoms with Gasteiger partial charge < -0.3 is 0 Å². The molecule has 0 aromatic carbocycles. The van der Waals surface area contributed by atoms with Crippen LogP contribution in [0.2, 0.25) is 5.02 Å². The van der Waals surface area contributed by atoms with E-state index < -0.39 is 5.82 Å². The summed E-state index contributed by atoms with van der Waals surface area (Å²) in [6.45, 7) is 0. The highest BCUT2D eigenvalue weighted by molar-refractivity contribution is 9.08. The van der Waals surface area contributed by atoms with Crippen molar-refractivity contribution in [1.82, 2.24) is 4.98 Å².